The molecular weight excluding hydrogens is 330 g/mol. The van der Waals surface area contributed by atoms with Gasteiger partial charge in [-0.25, -0.2) is 12.8 Å². The lowest BCUT2D eigenvalue weighted by Gasteiger charge is -2.05. The van der Waals surface area contributed by atoms with Crippen molar-refractivity contribution in [1.29, 1.82) is 0 Å². The summed E-state index contributed by atoms with van der Waals surface area (Å²) >= 11 is 12.8. The molecule has 0 aliphatic carbocycles. The van der Waals surface area contributed by atoms with Crippen LogP contribution in [-0.2, 0) is 21.3 Å². The van der Waals surface area contributed by atoms with E-state index < -0.39 is 15.7 Å². The Bertz CT molecular complexity index is 696. The van der Waals surface area contributed by atoms with Crippen LogP contribution < -0.4 is 0 Å². The molecule has 19 heavy (non-hydrogen) atoms. The van der Waals surface area contributed by atoms with E-state index in [1.54, 1.807) is 12.1 Å². The Morgan fingerprint density at radius 2 is 1.84 bits per heavy atom. The average molecular weight is 339 g/mol. The fourth-order valence-corrected chi connectivity index (χ4v) is 4.90. The summed E-state index contributed by atoms with van der Waals surface area (Å²) in [5.41, 5.74) is 0.394. The largest absolute Gasteiger partial charge is 0.228 e. The highest BCUT2D eigenvalue weighted by molar-refractivity contribution is 7.90. The maximum atomic E-state index is 12.9. The highest BCUT2D eigenvalue weighted by Gasteiger charge is 2.16. The molecule has 0 aliphatic rings. The van der Waals surface area contributed by atoms with E-state index in [4.69, 9.17) is 23.2 Å². The zero-order valence-electron chi connectivity index (χ0n) is 9.57. The Hall–Kier alpha value is -0.620. The molecule has 102 valence electrons. The predicted octanol–water partition coefficient (Wildman–Crippen LogP) is 4.31. The van der Waals surface area contributed by atoms with Gasteiger partial charge in [-0.2, -0.15) is 0 Å². The SMILES string of the molecule is O=S(=O)(Cc1ccc(Cl)s1)Cc1ccc(F)cc1Cl. The number of hydrogen-bond acceptors (Lipinski definition) is 3. The molecule has 0 N–H and O–H groups in total. The highest BCUT2D eigenvalue weighted by atomic mass is 35.5. The second kappa shape index (κ2) is 5.79. The minimum absolute atomic E-state index is 0.0991. The first-order valence-electron chi connectivity index (χ1n) is 5.24. The second-order valence-electron chi connectivity index (χ2n) is 3.97. The first kappa shape index (κ1) is 14.8. The van der Waals surface area contributed by atoms with Gasteiger partial charge in [0.2, 0.25) is 0 Å². The number of halogens is 3. The number of thiophene rings is 1. The van der Waals surface area contributed by atoms with Gasteiger partial charge < -0.3 is 0 Å². The van der Waals surface area contributed by atoms with Crippen LogP contribution in [0.25, 0.3) is 0 Å². The van der Waals surface area contributed by atoms with Gasteiger partial charge in [-0.15, -0.1) is 11.3 Å². The molecule has 0 spiro atoms. The van der Waals surface area contributed by atoms with Crippen LogP contribution >= 0.6 is 34.5 Å². The van der Waals surface area contributed by atoms with Gasteiger partial charge in [0, 0.05) is 9.90 Å². The molecule has 0 fully saturated rings. The van der Waals surface area contributed by atoms with E-state index in [2.05, 4.69) is 0 Å². The fraction of sp³-hybridized carbons (Fsp3) is 0.167. The summed E-state index contributed by atoms with van der Waals surface area (Å²) in [7, 11) is -3.36. The van der Waals surface area contributed by atoms with E-state index in [0.29, 0.717) is 14.8 Å². The lowest BCUT2D eigenvalue weighted by atomic mass is 10.2. The molecule has 1 aromatic heterocycles. The molecule has 0 aliphatic heterocycles. The fourth-order valence-electron chi connectivity index (χ4n) is 1.57. The molecule has 0 saturated heterocycles. The van der Waals surface area contributed by atoms with Gasteiger partial charge in [0.15, 0.2) is 9.84 Å². The molecule has 2 nitrogen and oxygen atoms in total. The van der Waals surface area contributed by atoms with E-state index in [9.17, 15) is 12.8 Å². The zero-order chi connectivity index (χ0) is 14.0. The van der Waals surface area contributed by atoms with Gasteiger partial charge >= 0.3 is 0 Å². The minimum atomic E-state index is -3.36. The zero-order valence-corrected chi connectivity index (χ0v) is 12.7. The Morgan fingerprint density at radius 1 is 1.11 bits per heavy atom. The summed E-state index contributed by atoms with van der Waals surface area (Å²) in [6.07, 6.45) is 0. The number of benzene rings is 1. The molecule has 0 bridgehead atoms. The molecule has 1 aromatic carbocycles. The quantitative estimate of drug-likeness (QED) is 0.832. The van der Waals surface area contributed by atoms with E-state index in [-0.39, 0.29) is 16.5 Å². The predicted molar refractivity (Wildman–Crippen MR) is 77.1 cm³/mol. The molecular formula is C12H9Cl2FO2S2. The van der Waals surface area contributed by atoms with Crippen LogP contribution in [-0.4, -0.2) is 8.42 Å². The smallest absolute Gasteiger partial charge is 0.159 e. The van der Waals surface area contributed by atoms with Crippen molar-refractivity contribution in [2.45, 2.75) is 11.5 Å². The topological polar surface area (TPSA) is 34.1 Å². The molecule has 0 atom stereocenters. The third-order valence-electron chi connectivity index (χ3n) is 2.38. The summed E-state index contributed by atoms with van der Waals surface area (Å²) in [6, 6.07) is 7.02. The first-order valence-corrected chi connectivity index (χ1v) is 8.64. The van der Waals surface area contributed by atoms with Crippen molar-refractivity contribution in [2.24, 2.45) is 0 Å². The number of sulfone groups is 1. The van der Waals surface area contributed by atoms with Crippen molar-refractivity contribution in [1.82, 2.24) is 0 Å². The van der Waals surface area contributed by atoms with Crippen LogP contribution in [0.1, 0.15) is 10.4 Å². The average Bonchev–Trinajstić information content (AvgIpc) is 2.67. The van der Waals surface area contributed by atoms with Gasteiger partial charge in [0.25, 0.3) is 0 Å². The second-order valence-corrected chi connectivity index (χ2v) is 8.25. The molecule has 0 radical (unpaired) electrons. The number of hydrogen-bond donors (Lipinski definition) is 0. The van der Waals surface area contributed by atoms with Gasteiger partial charge in [0.1, 0.15) is 5.82 Å². The first-order chi connectivity index (χ1) is 8.85. The van der Waals surface area contributed by atoms with Crippen molar-refractivity contribution in [3.8, 4) is 0 Å². The molecule has 0 amide bonds. The van der Waals surface area contributed by atoms with Crippen LogP contribution in [0.2, 0.25) is 9.36 Å². The summed E-state index contributed by atoms with van der Waals surface area (Å²) in [4.78, 5) is 0.670. The van der Waals surface area contributed by atoms with Crippen LogP contribution in [0.3, 0.4) is 0 Å². The van der Waals surface area contributed by atoms with Crippen LogP contribution in [0.15, 0.2) is 30.3 Å². The van der Waals surface area contributed by atoms with E-state index in [1.807, 2.05) is 0 Å². The van der Waals surface area contributed by atoms with E-state index in [0.717, 1.165) is 6.07 Å². The Balaban J connectivity index is 2.17. The van der Waals surface area contributed by atoms with Gasteiger partial charge in [-0.05, 0) is 29.8 Å². The summed E-state index contributed by atoms with van der Waals surface area (Å²) in [6.45, 7) is 0. The monoisotopic (exact) mass is 338 g/mol. The minimum Gasteiger partial charge on any atom is -0.228 e. The van der Waals surface area contributed by atoms with Crippen LogP contribution in [0.5, 0.6) is 0 Å². The standard InChI is InChI=1S/C12H9Cl2FO2S2/c13-11-5-9(15)2-1-8(11)6-19(16,17)7-10-3-4-12(14)18-10/h1-5H,6-7H2. The van der Waals surface area contributed by atoms with Crippen LogP contribution in [0.4, 0.5) is 4.39 Å². The van der Waals surface area contributed by atoms with Crippen molar-refractivity contribution in [3.63, 3.8) is 0 Å². The summed E-state index contributed by atoms with van der Waals surface area (Å²) in [5.74, 6) is -0.809. The maximum absolute atomic E-state index is 12.9. The molecule has 2 rings (SSSR count). The normalized spacial score (nSPS) is 11.7. The highest BCUT2D eigenvalue weighted by Crippen LogP contribution is 2.26. The van der Waals surface area contributed by atoms with Crippen LogP contribution in [0, 0.1) is 5.82 Å². The Labute approximate surface area is 124 Å². The molecule has 0 saturated carbocycles. The third kappa shape index (κ3) is 4.18. The van der Waals surface area contributed by atoms with Gasteiger partial charge in [0.05, 0.1) is 15.8 Å². The maximum Gasteiger partial charge on any atom is 0.159 e. The van der Waals surface area contributed by atoms with Crippen molar-refractivity contribution in [3.05, 3.63) is 55.9 Å². The number of rotatable bonds is 4. The Morgan fingerprint density at radius 3 is 2.42 bits per heavy atom. The molecule has 0 unspecified atom stereocenters. The lowest BCUT2D eigenvalue weighted by Crippen LogP contribution is -2.07. The van der Waals surface area contributed by atoms with Gasteiger partial charge in [-0.1, -0.05) is 29.3 Å². The molecule has 7 heteroatoms. The van der Waals surface area contributed by atoms with Crippen molar-refractivity contribution < 1.29 is 12.8 Å². The summed E-state index contributed by atoms with van der Waals surface area (Å²) in [5, 5.41) is 0.118. The lowest BCUT2D eigenvalue weighted by molar-refractivity contribution is 0.594. The molecule has 2 aromatic rings. The molecule has 1 heterocycles. The summed E-state index contributed by atoms with van der Waals surface area (Å²) < 4.78 is 37.5. The van der Waals surface area contributed by atoms with Crippen molar-refractivity contribution >= 4 is 44.4 Å². The van der Waals surface area contributed by atoms with Gasteiger partial charge in [-0.3, -0.25) is 0 Å². The van der Waals surface area contributed by atoms with E-state index >= 15 is 0 Å². The Kier molecular flexibility index (Phi) is 4.50. The van der Waals surface area contributed by atoms with Crippen molar-refractivity contribution in [2.75, 3.05) is 0 Å². The third-order valence-corrected chi connectivity index (χ3v) is 5.65. The van der Waals surface area contributed by atoms with E-state index in [1.165, 1.54) is 23.5 Å².